The summed E-state index contributed by atoms with van der Waals surface area (Å²) >= 11 is 0. The Labute approximate surface area is 139 Å². The van der Waals surface area contributed by atoms with Crippen LogP contribution in [0, 0.1) is 28.9 Å². The summed E-state index contributed by atoms with van der Waals surface area (Å²) in [5.74, 6) is -1.37. The maximum Gasteiger partial charge on any atom is 0.306 e. The Balaban J connectivity index is 1.79. The summed E-state index contributed by atoms with van der Waals surface area (Å²) in [5, 5.41) is 20.2. The second-order valence-corrected chi connectivity index (χ2v) is 6.65. The van der Waals surface area contributed by atoms with E-state index in [0.29, 0.717) is 49.9 Å². The number of nitro groups is 1. The largest absolute Gasteiger partial charge is 0.481 e. The van der Waals surface area contributed by atoms with Gasteiger partial charge in [-0.1, -0.05) is 0 Å². The van der Waals surface area contributed by atoms with Gasteiger partial charge in [0.2, 0.25) is 5.91 Å². The zero-order valence-corrected chi connectivity index (χ0v) is 13.5. The van der Waals surface area contributed by atoms with E-state index in [1.807, 2.05) is 0 Å². The highest BCUT2D eigenvalue weighted by atomic mass is 16.6. The van der Waals surface area contributed by atoms with E-state index >= 15 is 0 Å². The molecule has 7 nitrogen and oxygen atoms in total. The first-order chi connectivity index (χ1) is 11.4. The van der Waals surface area contributed by atoms with Crippen LogP contribution in [0.2, 0.25) is 0 Å². The molecule has 0 radical (unpaired) electrons. The monoisotopic (exact) mass is 332 g/mol. The van der Waals surface area contributed by atoms with Gasteiger partial charge in [-0.05, 0) is 50.7 Å². The summed E-state index contributed by atoms with van der Waals surface area (Å²) in [5.41, 5.74) is 2.24. The summed E-state index contributed by atoms with van der Waals surface area (Å²) in [7, 11) is 0. The van der Waals surface area contributed by atoms with Gasteiger partial charge in [-0.15, -0.1) is 0 Å². The standard InChI is InChI=1S/C17H20N2O5/c1-10-8-13-6-7-18(15(13)9-14(10)19(23)24)16(20)11-2-4-12(5-3-11)17(21)22/h8-9,11-12H,2-7H2,1H3,(H,21,22). The lowest BCUT2D eigenvalue weighted by molar-refractivity contribution is -0.385. The first-order valence-electron chi connectivity index (χ1n) is 8.20. The Morgan fingerprint density at radius 2 is 1.83 bits per heavy atom. The van der Waals surface area contributed by atoms with Crippen LogP contribution in [0.3, 0.4) is 0 Å². The van der Waals surface area contributed by atoms with E-state index in [1.54, 1.807) is 17.9 Å². The third kappa shape index (κ3) is 2.86. The quantitative estimate of drug-likeness (QED) is 0.677. The van der Waals surface area contributed by atoms with Crippen molar-refractivity contribution in [3.63, 3.8) is 0 Å². The molecule has 3 rings (SSSR count). The van der Waals surface area contributed by atoms with Gasteiger partial charge < -0.3 is 10.0 Å². The van der Waals surface area contributed by atoms with Gasteiger partial charge in [-0.3, -0.25) is 19.7 Å². The summed E-state index contributed by atoms with van der Waals surface area (Å²) < 4.78 is 0. The number of fused-ring (bicyclic) bond motifs is 1. The Hall–Kier alpha value is -2.44. The first kappa shape index (κ1) is 16.4. The van der Waals surface area contributed by atoms with Crippen molar-refractivity contribution in [3.05, 3.63) is 33.4 Å². The SMILES string of the molecule is Cc1cc2c(cc1[N+](=O)[O-])N(C(=O)C1CCC(C(=O)O)CC1)CC2. The van der Waals surface area contributed by atoms with Gasteiger partial charge in [0.25, 0.3) is 5.69 Å². The summed E-state index contributed by atoms with van der Waals surface area (Å²) in [6.45, 7) is 2.24. The zero-order chi connectivity index (χ0) is 17.4. The molecule has 1 amide bonds. The second kappa shape index (κ2) is 6.22. The molecular weight excluding hydrogens is 312 g/mol. The van der Waals surface area contributed by atoms with Crippen LogP contribution in [0.4, 0.5) is 11.4 Å². The molecule has 1 N–H and O–H groups in total. The van der Waals surface area contributed by atoms with Crippen molar-refractivity contribution in [2.45, 2.75) is 39.0 Å². The smallest absolute Gasteiger partial charge is 0.306 e. The van der Waals surface area contributed by atoms with E-state index in [4.69, 9.17) is 5.11 Å². The summed E-state index contributed by atoms with van der Waals surface area (Å²) in [6, 6.07) is 3.29. The van der Waals surface area contributed by atoms with Crippen LogP contribution in [0.5, 0.6) is 0 Å². The third-order valence-corrected chi connectivity index (χ3v) is 5.18. The van der Waals surface area contributed by atoms with Crippen molar-refractivity contribution in [1.29, 1.82) is 0 Å². The number of benzene rings is 1. The fourth-order valence-electron chi connectivity index (χ4n) is 3.78. The molecule has 0 atom stereocenters. The number of carbonyl (C=O) groups excluding carboxylic acids is 1. The van der Waals surface area contributed by atoms with Crippen molar-refractivity contribution in [3.8, 4) is 0 Å². The molecule has 2 aliphatic rings. The van der Waals surface area contributed by atoms with Gasteiger partial charge in [0.15, 0.2) is 0 Å². The minimum absolute atomic E-state index is 0.0306. The molecule has 7 heteroatoms. The number of anilines is 1. The maximum atomic E-state index is 12.8. The van der Waals surface area contributed by atoms with Crippen molar-refractivity contribution >= 4 is 23.3 Å². The highest BCUT2D eigenvalue weighted by molar-refractivity contribution is 5.97. The molecule has 0 saturated heterocycles. The average molecular weight is 332 g/mol. The van der Waals surface area contributed by atoms with Crippen LogP contribution < -0.4 is 4.90 Å². The predicted molar refractivity (Wildman–Crippen MR) is 87.0 cm³/mol. The molecule has 1 aliphatic heterocycles. The van der Waals surface area contributed by atoms with Gasteiger partial charge in [0.05, 0.1) is 16.5 Å². The molecule has 1 heterocycles. The van der Waals surface area contributed by atoms with Crippen LogP contribution in [-0.2, 0) is 16.0 Å². The number of hydrogen-bond acceptors (Lipinski definition) is 4. The fraction of sp³-hybridized carbons (Fsp3) is 0.529. The van der Waals surface area contributed by atoms with E-state index < -0.39 is 10.9 Å². The second-order valence-electron chi connectivity index (χ2n) is 6.65. The Bertz CT molecular complexity index is 707. The number of nitrogens with zero attached hydrogens (tertiary/aromatic N) is 2. The minimum atomic E-state index is -0.793. The molecule has 1 fully saturated rings. The van der Waals surface area contributed by atoms with Crippen LogP contribution >= 0.6 is 0 Å². The van der Waals surface area contributed by atoms with Crippen molar-refractivity contribution in [2.75, 3.05) is 11.4 Å². The van der Waals surface area contributed by atoms with Gasteiger partial charge >= 0.3 is 5.97 Å². The molecule has 0 spiro atoms. The fourth-order valence-corrected chi connectivity index (χ4v) is 3.78. The number of carboxylic acid groups (broad SMARTS) is 1. The Morgan fingerprint density at radius 1 is 1.21 bits per heavy atom. The highest BCUT2D eigenvalue weighted by Crippen LogP contribution is 2.37. The predicted octanol–water partition coefficient (Wildman–Crippen LogP) is 2.68. The topological polar surface area (TPSA) is 101 Å². The van der Waals surface area contributed by atoms with Crippen molar-refractivity contribution in [1.82, 2.24) is 0 Å². The number of aryl methyl sites for hydroxylation is 1. The van der Waals surface area contributed by atoms with E-state index in [2.05, 4.69) is 0 Å². The van der Waals surface area contributed by atoms with Gasteiger partial charge in [0.1, 0.15) is 0 Å². The van der Waals surface area contributed by atoms with E-state index in [0.717, 1.165) is 5.56 Å². The maximum absolute atomic E-state index is 12.8. The van der Waals surface area contributed by atoms with Crippen LogP contribution in [0.25, 0.3) is 0 Å². The third-order valence-electron chi connectivity index (χ3n) is 5.18. The number of nitro benzene ring substituents is 1. The normalized spacial score (nSPS) is 23.0. The number of aliphatic carboxylic acids is 1. The molecule has 1 aromatic rings. The molecule has 128 valence electrons. The minimum Gasteiger partial charge on any atom is -0.481 e. The number of amides is 1. The van der Waals surface area contributed by atoms with Gasteiger partial charge in [0, 0.05) is 24.1 Å². The lowest BCUT2D eigenvalue weighted by Crippen LogP contribution is -2.37. The van der Waals surface area contributed by atoms with E-state index in [9.17, 15) is 19.7 Å². The lowest BCUT2D eigenvalue weighted by atomic mass is 9.81. The summed E-state index contributed by atoms with van der Waals surface area (Å²) in [4.78, 5) is 36.2. The molecule has 1 aliphatic carbocycles. The summed E-state index contributed by atoms with van der Waals surface area (Å²) in [6.07, 6.45) is 2.86. The number of carboxylic acids is 1. The number of hydrogen-bond donors (Lipinski definition) is 1. The molecule has 0 bridgehead atoms. The Morgan fingerprint density at radius 3 is 2.42 bits per heavy atom. The lowest BCUT2D eigenvalue weighted by Gasteiger charge is -2.29. The average Bonchev–Trinajstić information content (AvgIpc) is 2.95. The zero-order valence-electron chi connectivity index (χ0n) is 13.5. The van der Waals surface area contributed by atoms with Crippen LogP contribution in [0.1, 0.15) is 36.8 Å². The molecule has 24 heavy (non-hydrogen) atoms. The number of rotatable bonds is 3. The van der Waals surface area contributed by atoms with E-state index in [1.165, 1.54) is 6.07 Å². The van der Waals surface area contributed by atoms with Crippen molar-refractivity contribution < 1.29 is 19.6 Å². The van der Waals surface area contributed by atoms with Gasteiger partial charge in [-0.2, -0.15) is 0 Å². The number of carbonyl (C=O) groups is 2. The molecule has 0 unspecified atom stereocenters. The van der Waals surface area contributed by atoms with Crippen molar-refractivity contribution in [2.24, 2.45) is 11.8 Å². The molecule has 1 saturated carbocycles. The van der Waals surface area contributed by atoms with Crippen LogP contribution in [0.15, 0.2) is 12.1 Å². The molecule has 1 aromatic carbocycles. The Kier molecular flexibility index (Phi) is 4.26. The van der Waals surface area contributed by atoms with E-state index in [-0.39, 0.29) is 23.4 Å². The first-order valence-corrected chi connectivity index (χ1v) is 8.20. The van der Waals surface area contributed by atoms with Crippen LogP contribution in [-0.4, -0.2) is 28.5 Å². The molecular formula is C17H20N2O5. The molecule has 0 aromatic heterocycles. The van der Waals surface area contributed by atoms with Gasteiger partial charge in [-0.25, -0.2) is 0 Å². The highest BCUT2D eigenvalue weighted by Gasteiger charge is 2.35.